The predicted octanol–water partition coefficient (Wildman–Crippen LogP) is 3.04. The van der Waals surface area contributed by atoms with Crippen LogP contribution in [0.1, 0.15) is 12.5 Å². The molecule has 0 fully saturated rings. The molecular formula is C11H11F2NS. The molecule has 1 aliphatic heterocycles. The Kier molecular flexibility index (Phi) is 3.05. The van der Waals surface area contributed by atoms with E-state index in [1.807, 2.05) is 6.92 Å². The number of nitrogens with zero attached hydrogens (tertiary/aromatic N) is 1. The third-order valence-electron chi connectivity index (χ3n) is 2.30. The fourth-order valence-corrected chi connectivity index (χ4v) is 2.64. The average Bonchev–Trinajstić information content (AvgIpc) is 2.58. The highest BCUT2D eigenvalue weighted by Crippen LogP contribution is 2.24. The summed E-state index contributed by atoms with van der Waals surface area (Å²) in [4.78, 5) is 4.27. The van der Waals surface area contributed by atoms with Gasteiger partial charge in [0.05, 0.1) is 11.6 Å². The summed E-state index contributed by atoms with van der Waals surface area (Å²) >= 11 is 1.70. The molecule has 2 rings (SSSR count). The molecule has 0 amide bonds. The van der Waals surface area contributed by atoms with Gasteiger partial charge in [-0.15, -0.1) is 11.8 Å². The molecular weight excluding hydrogens is 216 g/mol. The van der Waals surface area contributed by atoms with Crippen molar-refractivity contribution in [2.24, 2.45) is 4.99 Å². The van der Waals surface area contributed by atoms with Crippen LogP contribution in [-0.4, -0.2) is 16.8 Å². The lowest BCUT2D eigenvalue weighted by atomic mass is 10.1. The van der Waals surface area contributed by atoms with Gasteiger partial charge in [-0.1, -0.05) is 6.07 Å². The number of rotatable bonds is 2. The van der Waals surface area contributed by atoms with Crippen molar-refractivity contribution in [2.45, 2.75) is 18.6 Å². The van der Waals surface area contributed by atoms with Crippen molar-refractivity contribution in [1.29, 1.82) is 0 Å². The molecule has 1 nitrogen and oxygen atoms in total. The van der Waals surface area contributed by atoms with Gasteiger partial charge in [0.2, 0.25) is 0 Å². The highest BCUT2D eigenvalue weighted by atomic mass is 32.2. The third-order valence-corrected chi connectivity index (χ3v) is 3.42. The van der Waals surface area contributed by atoms with Gasteiger partial charge in [0.1, 0.15) is 0 Å². The summed E-state index contributed by atoms with van der Waals surface area (Å²) in [7, 11) is 0. The molecule has 0 aliphatic carbocycles. The quantitative estimate of drug-likeness (QED) is 0.756. The molecule has 0 saturated carbocycles. The van der Waals surface area contributed by atoms with Gasteiger partial charge in [0, 0.05) is 5.25 Å². The van der Waals surface area contributed by atoms with Gasteiger partial charge in [-0.05, 0) is 31.0 Å². The Balaban J connectivity index is 2.03. The van der Waals surface area contributed by atoms with E-state index in [-0.39, 0.29) is 0 Å². The molecule has 1 unspecified atom stereocenters. The van der Waals surface area contributed by atoms with E-state index in [0.717, 1.165) is 23.6 Å². The van der Waals surface area contributed by atoms with E-state index in [0.29, 0.717) is 5.25 Å². The van der Waals surface area contributed by atoms with Crippen molar-refractivity contribution in [3.05, 3.63) is 35.4 Å². The number of benzene rings is 1. The van der Waals surface area contributed by atoms with Crippen LogP contribution in [0.25, 0.3) is 0 Å². The zero-order valence-corrected chi connectivity index (χ0v) is 9.15. The summed E-state index contributed by atoms with van der Waals surface area (Å²) in [5, 5.41) is 1.44. The smallest absolute Gasteiger partial charge is 0.159 e. The number of halogens is 2. The minimum absolute atomic E-state index is 0.370. The van der Waals surface area contributed by atoms with Crippen LogP contribution in [0, 0.1) is 11.6 Å². The standard InChI is InChI=1S/C11H11F2NS/c1-7-14-6-9(15-7)4-8-2-3-10(12)11(13)5-8/h2-3,5,9H,4,6H2,1H3. The van der Waals surface area contributed by atoms with Gasteiger partial charge in [0.15, 0.2) is 11.6 Å². The number of hydrogen-bond acceptors (Lipinski definition) is 2. The van der Waals surface area contributed by atoms with Crippen molar-refractivity contribution in [1.82, 2.24) is 0 Å². The van der Waals surface area contributed by atoms with E-state index in [4.69, 9.17) is 0 Å². The average molecular weight is 227 g/mol. The van der Waals surface area contributed by atoms with E-state index >= 15 is 0 Å². The molecule has 0 saturated heterocycles. The summed E-state index contributed by atoms with van der Waals surface area (Å²) in [6.45, 7) is 2.74. The Morgan fingerprint density at radius 3 is 2.80 bits per heavy atom. The maximum absolute atomic E-state index is 12.9. The van der Waals surface area contributed by atoms with E-state index < -0.39 is 11.6 Å². The summed E-state index contributed by atoms with van der Waals surface area (Å²) < 4.78 is 25.6. The molecule has 15 heavy (non-hydrogen) atoms. The van der Waals surface area contributed by atoms with Gasteiger partial charge in [-0.25, -0.2) is 8.78 Å². The predicted molar refractivity (Wildman–Crippen MR) is 59.4 cm³/mol. The Labute approximate surface area is 91.6 Å². The zero-order chi connectivity index (χ0) is 10.8. The number of hydrogen-bond donors (Lipinski definition) is 0. The van der Waals surface area contributed by atoms with E-state index in [1.165, 1.54) is 12.1 Å². The lowest BCUT2D eigenvalue weighted by Crippen LogP contribution is -2.07. The molecule has 0 radical (unpaired) electrons. The first-order valence-electron chi connectivity index (χ1n) is 4.77. The van der Waals surface area contributed by atoms with Crippen molar-refractivity contribution >= 4 is 16.8 Å². The van der Waals surface area contributed by atoms with Crippen LogP contribution < -0.4 is 0 Å². The second-order valence-electron chi connectivity index (χ2n) is 3.55. The second-order valence-corrected chi connectivity index (χ2v) is 5.05. The molecule has 80 valence electrons. The molecule has 0 N–H and O–H groups in total. The minimum atomic E-state index is -0.787. The van der Waals surface area contributed by atoms with Crippen LogP contribution in [0.15, 0.2) is 23.2 Å². The second kappa shape index (κ2) is 4.31. The van der Waals surface area contributed by atoms with E-state index in [2.05, 4.69) is 4.99 Å². The lowest BCUT2D eigenvalue weighted by molar-refractivity contribution is 0.507. The third kappa shape index (κ3) is 2.56. The Morgan fingerprint density at radius 1 is 1.40 bits per heavy atom. The molecule has 1 atom stereocenters. The maximum atomic E-state index is 12.9. The molecule has 4 heteroatoms. The molecule has 1 heterocycles. The number of thioether (sulfide) groups is 1. The van der Waals surface area contributed by atoms with E-state index in [9.17, 15) is 8.78 Å². The highest BCUT2D eigenvalue weighted by Gasteiger charge is 2.17. The molecule has 0 spiro atoms. The van der Waals surface area contributed by atoms with Crippen LogP contribution in [0.5, 0.6) is 0 Å². The molecule has 1 aromatic rings. The van der Waals surface area contributed by atoms with Crippen molar-refractivity contribution in [3.8, 4) is 0 Å². The molecule has 0 bridgehead atoms. The van der Waals surface area contributed by atoms with Crippen LogP contribution in [0.2, 0.25) is 0 Å². The van der Waals surface area contributed by atoms with Gasteiger partial charge in [-0.3, -0.25) is 4.99 Å². The summed E-state index contributed by atoms with van der Waals surface area (Å²) in [6, 6.07) is 4.08. The van der Waals surface area contributed by atoms with Gasteiger partial charge < -0.3 is 0 Å². The summed E-state index contributed by atoms with van der Waals surface area (Å²) in [5.74, 6) is -1.56. The van der Waals surface area contributed by atoms with Crippen LogP contribution in [0.4, 0.5) is 8.78 Å². The fraction of sp³-hybridized carbons (Fsp3) is 0.364. The first-order chi connectivity index (χ1) is 7.15. The summed E-state index contributed by atoms with van der Waals surface area (Å²) in [5.41, 5.74) is 0.830. The van der Waals surface area contributed by atoms with E-state index in [1.54, 1.807) is 17.8 Å². The normalized spacial score (nSPS) is 20.5. The largest absolute Gasteiger partial charge is 0.282 e. The lowest BCUT2D eigenvalue weighted by Gasteiger charge is -2.07. The molecule has 1 aromatic carbocycles. The van der Waals surface area contributed by atoms with Gasteiger partial charge in [0.25, 0.3) is 0 Å². The van der Waals surface area contributed by atoms with Crippen molar-refractivity contribution < 1.29 is 8.78 Å². The topological polar surface area (TPSA) is 12.4 Å². The SMILES string of the molecule is CC1=NCC(Cc2ccc(F)c(F)c2)S1. The van der Waals surface area contributed by atoms with Crippen LogP contribution in [0.3, 0.4) is 0 Å². The Bertz CT molecular complexity index is 404. The van der Waals surface area contributed by atoms with Crippen molar-refractivity contribution in [2.75, 3.05) is 6.54 Å². The molecule has 1 aliphatic rings. The highest BCUT2D eigenvalue weighted by molar-refractivity contribution is 8.14. The maximum Gasteiger partial charge on any atom is 0.159 e. The molecule has 0 aromatic heterocycles. The zero-order valence-electron chi connectivity index (χ0n) is 8.34. The Morgan fingerprint density at radius 2 is 2.20 bits per heavy atom. The van der Waals surface area contributed by atoms with Gasteiger partial charge >= 0.3 is 0 Å². The Hall–Kier alpha value is -0.900. The summed E-state index contributed by atoms with van der Waals surface area (Å²) in [6.07, 6.45) is 0.739. The number of aliphatic imine (C=N–C) groups is 1. The first-order valence-corrected chi connectivity index (χ1v) is 5.65. The van der Waals surface area contributed by atoms with Crippen molar-refractivity contribution in [3.63, 3.8) is 0 Å². The first kappa shape index (κ1) is 10.6. The van der Waals surface area contributed by atoms with Gasteiger partial charge in [-0.2, -0.15) is 0 Å². The van der Waals surface area contributed by atoms with Crippen LogP contribution in [-0.2, 0) is 6.42 Å². The van der Waals surface area contributed by atoms with Crippen LogP contribution >= 0.6 is 11.8 Å². The minimum Gasteiger partial charge on any atom is -0.282 e. The fourth-order valence-electron chi connectivity index (χ4n) is 1.58. The monoisotopic (exact) mass is 227 g/mol.